The lowest BCUT2D eigenvalue weighted by molar-refractivity contribution is 0.106. The van der Waals surface area contributed by atoms with Gasteiger partial charge >= 0.3 is 0 Å². The van der Waals surface area contributed by atoms with Crippen LogP contribution in [0.3, 0.4) is 0 Å². The Morgan fingerprint density at radius 2 is 1.95 bits per heavy atom. The molecule has 0 radical (unpaired) electrons. The van der Waals surface area contributed by atoms with Gasteiger partial charge in [-0.2, -0.15) is 0 Å². The van der Waals surface area contributed by atoms with Crippen LogP contribution in [0.15, 0.2) is 18.2 Å². The van der Waals surface area contributed by atoms with Crippen molar-refractivity contribution in [3.05, 3.63) is 35.4 Å². The molecule has 0 aromatic heterocycles. The zero-order valence-electron chi connectivity index (χ0n) is 11.2. The van der Waals surface area contributed by atoms with Gasteiger partial charge in [0.25, 0.3) is 0 Å². The summed E-state index contributed by atoms with van der Waals surface area (Å²) in [5.74, 6) is -1.28. The average molecular weight is 269 g/mol. The van der Waals surface area contributed by atoms with E-state index in [4.69, 9.17) is 0 Å². The number of aliphatic hydroxyl groups is 1. The molecule has 1 aliphatic rings. The van der Waals surface area contributed by atoms with Crippen LogP contribution in [0.2, 0.25) is 0 Å². The van der Waals surface area contributed by atoms with Gasteiger partial charge in [0.2, 0.25) is 0 Å². The zero-order valence-corrected chi connectivity index (χ0v) is 11.2. The number of hydrogen-bond donors (Lipinski definition) is 2. The van der Waals surface area contributed by atoms with Crippen LogP contribution >= 0.6 is 0 Å². The maximum absolute atomic E-state index is 13.1. The molecule has 0 bridgehead atoms. The third-order valence-electron chi connectivity index (χ3n) is 4.02. The minimum Gasteiger partial charge on any atom is -0.392 e. The molecule has 4 heteroatoms. The first kappa shape index (κ1) is 14.4. The van der Waals surface area contributed by atoms with E-state index in [0.717, 1.165) is 18.9 Å². The van der Waals surface area contributed by atoms with Crippen LogP contribution < -0.4 is 5.32 Å². The summed E-state index contributed by atoms with van der Waals surface area (Å²) in [5.41, 5.74) is 0.692. The van der Waals surface area contributed by atoms with Crippen molar-refractivity contribution in [1.82, 2.24) is 5.32 Å². The molecule has 1 aromatic carbocycles. The molecule has 2 rings (SSSR count). The second-order valence-corrected chi connectivity index (χ2v) is 5.42. The number of nitrogens with one attached hydrogen (secondary N) is 1. The van der Waals surface area contributed by atoms with Crippen LogP contribution in [0.1, 0.15) is 44.2 Å². The average Bonchev–Trinajstić information content (AvgIpc) is 2.92. The van der Waals surface area contributed by atoms with Gasteiger partial charge in [-0.25, -0.2) is 8.78 Å². The summed E-state index contributed by atoms with van der Waals surface area (Å²) in [6.45, 7) is 2.37. The van der Waals surface area contributed by atoms with Crippen LogP contribution in [0.5, 0.6) is 0 Å². The highest BCUT2D eigenvalue weighted by Gasteiger charge is 2.23. The largest absolute Gasteiger partial charge is 0.392 e. The summed E-state index contributed by atoms with van der Waals surface area (Å²) in [5, 5.41) is 13.2. The number of hydrogen-bond acceptors (Lipinski definition) is 2. The number of aliphatic hydroxyl groups excluding tert-OH is 1. The Labute approximate surface area is 112 Å². The Balaban J connectivity index is 1.86. The molecule has 0 heterocycles. The second kappa shape index (κ2) is 6.44. The van der Waals surface area contributed by atoms with Gasteiger partial charge in [0.05, 0.1) is 6.10 Å². The molecule has 0 aliphatic heterocycles. The Hall–Kier alpha value is -1.00. The third-order valence-corrected chi connectivity index (χ3v) is 4.02. The fourth-order valence-electron chi connectivity index (χ4n) is 2.71. The molecule has 1 saturated carbocycles. The highest BCUT2D eigenvalue weighted by Crippen LogP contribution is 2.27. The predicted octanol–water partition coefficient (Wildman–Crippen LogP) is 3.17. The van der Waals surface area contributed by atoms with Gasteiger partial charge in [-0.05, 0) is 43.4 Å². The minimum atomic E-state index is -0.832. The van der Waals surface area contributed by atoms with Gasteiger partial charge in [-0.15, -0.1) is 0 Å². The van der Waals surface area contributed by atoms with Gasteiger partial charge in [0, 0.05) is 12.6 Å². The molecule has 0 amide bonds. The van der Waals surface area contributed by atoms with Crippen molar-refractivity contribution in [3.63, 3.8) is 0 Å². The highest BCUT2D eigenvalue weighted by molar-refractivity contribution is 5.20. The molecular weight excluding hydrogens is 248 g/mol. The van der Waals surface area contributed by atoms with E-state index in [1.165, 1.54) is 18.9 Å². The van der Waals surface area contributed by atoms with Crippen molar-refractivity contribution in [3.8, 4) is 0 Å². The Morgan fingerprint density at radius 1 is 1.26 bits per heavy atom. The molecule has 19 heavy (non-hydrogen) atoms. The number of rotatable bonds is 5. The fraction of sp³-hybridized carbons (Fsp3) is 0.600. The zero-order chi connectivity index (χ0) is 13.8. The van der Waals surface area contributed by atoms with Crippen LogP contribution in [-0.4, -0.2) is 17.8 Å². The summed E-state index contributed by atoms with van der Waals surface area (Å²) >= 11 is 0. The maximum Gasteiger partial charge on any atom is 0.159 e. The lowest BCUT2D eigenvalue weighted by Gasteiger charge is -2.21. The fourth-order valence-corrected chi connectivity index (χ4v) is 2.71. The number of halogens is 2. The maximum atomic E-state index is 13.1. The van der Waals surface area contributed by atoms with Crippen molar-refractivity contribution in [2.24, 2.45) is 5.92 Å². The van der Waals surface area contributed by atoms with E-state index >= 15 is 0 Å². The molecule has 0 saturated heterocycles. The molecule has 1 aromatic rings. The molecule has 2 nitrogen and oxygen atoms in total. The van der Waals surface area contributed by atoms with Gasteiger partial charge < -0.3 is 10.4 Å². The van der Waals surface area contributed by atoms with Crippen LogP contribution in [0.4, 0.5) is 8.78 Å². The van der Waals surface area contributed by atoms with Crippen molar-refractivity contribution in [2.75, 3.05) is 6.54 Å². The van der Waals surface area contributed by atoms with Gasteiger partial charge in [-0.3, -0.25) is 0 Å². The molecule has 2 N–H and O–H groups in total. The SMILES string of the molecule is CC(NCC(O)C1CCCC1)c1ccc(F)c(F)c1. The van der Waals surface area contributed by atoms with Crippen molar-refractivity contribution < 1.29 is 13.9 Å². The van der Waals surface area contributed by atoms with Gasteiger partial charge in [0.1, 0.15) is 0 Å². The Morgan fingerprint density at radius 3 is 2.58 bits per heavy atom. The van der Waals surface area contributed by atoms with E-state index in [2.05, 4.69) is 5.32 Å². The van der Waals surface area contributed by atoms with Crippen molar-refractivity contribution in [2.45, 2.75) is 44.8 Å². The van der Waals surface area contributed by atoms with Crippen LogP contribution in [0, 0.1) is 17.6 Å². The van der Waals surface area contributed by atoms with Crippen molar-refractivity contribution >= 4 is 0 Å². The van der Waals surface area contributed by atoms with E-state index < -0.39 is 11.6 Å². The quantitative estimate of drug-likeness (QED) is 0.860. The normalized spacial score (nSPS) is 19.6. The molecule has 2 atom stereocenters. The van der Waals surface area contributed by atoms with Gasteiger partial charge in [0.15, 0.2) is 11.6 Å². The van der Waals surface area contributed by atoms with E-state index in [9.17, 15) is 13.9 Å². The summed E-state index contributed by atoms with van der Waals surface area (Å²) in [7, 11) is 0. The lowest BCUT2D eigenvalue weighted by atomic mass is 10.0. The molecule has 1 aliphatic carbocycles. The van der Waals surface area contributed by atoms with Gasteiger partial charge in [-0.1, -0.05) is 18.9 Å². The van der Waals surface area contributed by atoms with Crippen LogP contribution in [-0.2, 0) is 0 Å². The standard InChI is InChI=1S/C15H21F2NO/c1-10(12-6-7-13(16)14(17)8-12)18-9-15(19)11-4-2-3-5-11/h6-8,10-11,15,18-19H,2-5,9H2,1H3. The van der Waals surface area contributed by atoms with E-state index in [0.29, 0.717) is 18.0 Å². The highest BCUT2D eigenvalue weighted by atomic mass is 19.2. The first-order chi connectivity index (χ1) is 9.08. The molecule has 106 valence electrons. The summed E-state index contributed by atoms with van der Waals surface area (Å²) in [6.07, 6.45) is 4.21. The molecular formula is C15H21F2NO. The molecule has 1 fully saturated rings. The number of benzene rings is 1. The smallest absolute Gasteiger partial charge is 0.159 e. The molecule has 2 unspecified atom stereocenters. The summed E-state index contributed by atoms with van der Waals surface area (Å²) in [4.78, 5) is 0. The summed E-state index contributed by atoms with van der Waals surface area (Å²) in [6, 6.07) is 3.80. The van der Waals surface area contributed by atoms with Crippen molar-refractivity contribution in [1.29, 1.82) is 0 Å². The van der Waals surface area contributed by atoms with Crippen LogP contribution in [0.25, 0.3) is 0 Å². The second-order valence-electron chi connectivity index (χ2n) is 5.42. The topological polar surface area (TPSA) is 32.3 Å². The Bertz CT molecular complexity index is 419. The molecule has 0 spiro atoms. The third kappa shape index (κ3) is 3.74. The first-order valence-electron chi connectivity index (χ1n) is 6.94. The van der Waals surface area contributed by atoms with E-state index in [1.807, 2.05) is 6.92 Å². The first-order valence-corrected chi connectivity index (χ1v) is 6.94. The van der Waals surface area contributed by atoms with E-state index in [-0.39, 0.29) is 12.1 Å². The summed E-state index contributed by atoms with van der Waals surface area (Å²) < 4.78 is 26.0. The minimum absolute atomic E-state index is 0.105. The lowest BCUT2D eigenvalue weighted by Crippen LogP contribution is -2.33. The predicted molar refractivity (Wildman–Crippen MR) is 70.7 cm³/mol. The Kier molecular flexibility index (Phi) is 4.88. The monoisotopic (exact) mass is 269 g/mol. The van der Waals surface area contributed by atoms with E-state index in [1.54, 1.807) is 6.07 Å².